The van der Waals surface area contributed by atoms with Gasteiger partial charge in [-0.3, -0.25) is 9.59 Å². The molecule has 1 atom stereocenters. The molecule has 0 saturated carbocycles. The molecule has 1 aromatic rings. The molecule has 1 N–H and O–H groups in total. The van der Waals surface area contributed by atoms with Gasteiger partial charge in [0.25, 0.3) is 5.91 Å². The molecule has 1 aliphatic rings. The van der Waals surface area contributed by atoms with Crippen LogP contribution in [0, 0.1) is 17.4 Å². The Morgan fingerprint density at radius 3 is 2.78 bits per heavy atom. The van der Waals surface area contributed by atoms with Crippen LogP contribution in [0.5, 0.6) is 0 Å². The first-order chi connectivity index (χ1) is 10.9. The minimum atomic E-state index is -0.179. The number of carbonyl (C=O) groups is 2. The Bertz CT molecular complexity index is 636. The van der Waals surface area contributed by atoms with E-state index in [2.05, 4.69) is 11.5 Å². The van der Waals surface area contributed by atoms with Crippen molar-refractivity contribution in [2.24, 2.45) is 5.92 Å². The van der Waals surface area contributed by atoms with Crippen molar-refractivity contribution in [3.05, 3.63) is 29.8 Å². The van der Waals surface area contributed by atoms with E-state index in [1.54, 1.807) is 35.0 Å². The van der Waals surface area contributed by atoms with Crippen LogP contribution < -0.4 is 10.2 Å². The highest BCUT2D eigenvalue weighted by atomic mass is 16.2. The number of nitrogens with zero attached hydrogens (tertiary/aromatic N) is 3. The number of nitrogens with one attached hydrogen (secondary N) is 1. The maximum atomic E-state index is 12.4. The standard InChI is InChI=1S/C17H22N4O2/c1-12(2)17(23)20(3)15-6-4-5-13(9-15)16(22)19-14-7-8-21(10-14)11-18/h4-6,9,12,14H,7-8,10H2,1-3H3,(H,19,22)/t14-/m1/s1. The molecule has 0 aromatic heterocycles. The van der Waals surface area contributed by atoms with Crippen molar-refractivity contribution >= 4 is 17.5 Å². The van der Waals surface area contributed by atoms with E-state index in [1.807, 2.05) is 19.9 Å². The van der Waals surface area contributed by atoms with Crippen LogP contribution >= 0.6 is 0 Å². The largest absolute Gasteiger partial charge is 0.347 e. The molecular weight excluding hydrogens is 292 g/mol. The third kappa shape index (κ3) is 4.01. The second kappa shape index (κ2) is 7.14. The summed E-state index contributed by atoms with van der Waals surface area (Å²) in [5.74, 6) is -0.280. The lowest BCUT2D eigenvalue weighted by Gasteiger charge is -2.20. The average Bonchev–Trinajstić information content (AvgIpc) is 3.01. The summed E-state index contributed by atoms with van der Waals surface area (Å²) in [6.07, 6.45) is 2.86. The highest BCUT2D eigenvalue weighted by Crippen LogP contribution is 2.17. The second-order valence-corrected chi connectivity index (χ2v) is 6.11. The van der Waals surface area contributed by atoms with Gasteiger partial charge in [-0.2, -0.15) is 5.26 Å². The summed E-state index contributed by atoms with van der Waals surface area (Å²) in [5.41, 5.74) is 1.21. The maximum Gasteiger partial charge on any atom is 0.251 e. The van der Waals surface area contributed by atoms with E-state index in [-0.39, 0.29) is 23.8 Å². The van der Waals surface area contributed by atoms with Crippen LogP contribution in [0.3, 0.4) is 0 Å². The van der Waals surface area contributed by atoms with E-state index in [0.29, 0.717) is 24.3 Å². The third-order valence-corrected chi connectivity index (χ3v) is 3.99. The van der Waals surface area contributed by atoms with Crippen LogP contribution in [0.4, 0.5) is 5.69 Å². The van der Waals surface area contributed by atoms with Crippen molar-refractivity contribution in [1.82, 2.24) is 10.2 Å². The fourth-order valence-corrected chi connectivity index (χ4v) is 2.61. The molecule has 0 radical (unpaired) electrons. The molecule has 0 bridgehead atoms. The Morgan fingerprint density at radius 1 is 1.43 bits per heavy atom. The summed E-state index contributed by atoms with van der Waals surface area (Å²) in [7, 11) is 1.71. The number of hydrogen-bond donors (Lipinski definition) is 1. The van der Waals surface area contributed by atoms with Crippen molar-refractivity contribution in [3.63, 3.8) is 0 Å². The van der Waals surface area contributed by atoms with E-state index in [1.165, 1.54) is 0 Å². The van der Waals surface area contributed by atoms with Crippen molar-refractivity contribution in [1.29, 1.82) is 5.26 Å². The van der Waals surface area contributed by atoms with E-state index in [4.69, 9.17) is 5.26 Å². The lowest BCUT2D eigenvalue weighted by molar-refractivity contribution is -0.121. The van der Waals surface area contributed by atoms with Gasteiger partial charge in [-0.05, 0) is 24.6 Å². The smallest absolute Gasteiger partial charge is 0.251 e. The number of amides is 2. The molecule has 1 aliphatic heterocycles. The Morgan fingerprint density at radius 2 is 2.17 bits per heavy atom. The monoisotopic (exact) mass is 314 g/mol. The molecule has 6 nitrogen and oxygen atoms in total. The van der Waals surface area contributed by atoms with E-state index in [0.717, 1.165) is 6.42 Å². The van der Waals surface area contributed by atoms with Crippen molar-refractivity contribution < 1.29 is 9.59 Å². The van der Waals surface area contributed by atoms with Crippen LogP contribution in [0.25, 0.3) is 0 Å². The summed E-state index contributed by atoms with van der Waals surface area (Å²) in [6, 6.07) is 7.01. The lowest BCUT2D eigenvalue weighted by Crippen LogP contribution is -2.36. The Labute approximate surface area is 136 Å². The van der Waals surface area contributed by atoms with E-state index < -0.39 is 0 Å². The van der Waals surface area contributed by atoms with Gasteiger partial charge < -0.3 is 15.1 Å². The first-order valence-corrected chi connectivity index (χ1v) is 7.75. The highest BCUT2D eigenvalue weighted by Gasteiger charge is 2.23. The zero-order chi connectivity index (χ0) is 17.0. The molecule has 1 fully saturated rings. The quantitative estimate of drug-likeness (QED) is 0.856. The predicted molar refractivity (Wildman–Crippen MR) is 87.7 cm³/mol. The Kier molecular flexibility index (Phi) is 5.22. The molecule has 2 amide bonds. The highest BCUT2D eigenvalue weighted by molar-refractivity contribution is 5.98. The van der Waals surface area contributed by atoms with Crippen LogP contribution in [0.1, 0.15) is 30.6 Å². The first kappa shape index (κ1) is 16.8. The summed E-state index contributed by atoms with van der Waals surface area (Å²) < 4.78 is 0. The summed E-state index contributed by atoms with van der Waals surface area (Å²) in [4.78, 5) is 27.6. The predicted octanol–water partition coefficient (Wildman–Crippen LogP) is 1.59. The molecule has 122 valence electrons. The first-order valence-electron chi connectivity index (χ1n) is 7.75. The van der Waals surface area contributed by atoms with Crippen LogP contribution in [0.2, 0.25) is 0 Å². The van der Waals surface area contributed by atoms with Gasteiger partial charge in [-0.25, -0.2) is 0 Å². The minimum absolute atomic E-state index is 0.00279. The fraction of sp³-hybridized carbons (Fsp3) is 0.471. The molecular formula is C17H22N4O2. The minimum Gasteiger partial charge on any atom is -0.347 e. The van der Waals surface area contributed by atoms with Gasteiger partial charge in [0.2, 0.25) is 5.91 Å². The van der Waals surface area contributed by atoms with Gasteiger partial charge in [0.05, 0.1) is 0 Å². The molecule has 6 heteroatoms. The maximum absolute atomic E-state index is 12.4. The van der Waals surface area contributed by atoms with Gasteiger partial charge in [0.1, 0.15) is 0 Å². The molecule has 2 rings (SSSR count). The van der Waals surface area contributed by atoms with Crippen LogP contribution in [0.15, 0.2) is 24.3 Å². The van der Waals surface area contributed by atoms with Crippen LogP contribution in [-0.4, -0.2) is 42.9 Å². The van der Waals surface area contributed by atoms with Gasteiger partial charge >= 0.3 is 0 Å². The molecule has 1 heterocycles. The average molecular weight is 314 g/mol. The molecule has 1 aromatic carbocycles. The van der Waals surface area contributed by atoms with Crippen molar-refractivity contribution in [2.75, 3.05) is 25.0 Å². The summed E-state index contributed by atoms with van der Waals surface area (Å²) in [6.45, 7) is 4.91. The van der Waals surface area contributed by atoms with Gasteiger partial charge in [0.15, 0.2) is 6.19 Å². The topological polar surface area (TPSA) is 76.4 Å². The number of rotatable bonds is 4. The van der Waals surface area contributed by atoms with Crippen molar-refractivity contribution in [3.8, 4) is 6.19 Å². The van der Waals surface area contributed by atoms with Gasteiger partial charge in [-0.15, -0.1) is 0 Å². The number of nitriles is 1. The zero-order valence-electron chi connectivity index (χ0n) is 13.7. The normalized spacial score (nSPS) is 17.0. The SMILES string of the molecule is CC(C)C(=O)N(C)c1cccc(C(=O)N[C@@H]2CCN(C#N)C2)c1. The number of likely N-dealkylation sites (tertiary alicyclic amines) is 1. The number of benzene rings is 1. The third-order valence-electron chi connectivity index (χ3n) is 3.99. The zero-order valence-corrected chi connectivity index (χ0v) is 13.7. The molecule has 0 aliphatic carbocycles. The molecule has 23 heavy (non-hydrogen) atoms. The van der Waals surface area contributed by atoms with Crippen molar-refractivity contribution in [2.45, 2.75) is 26.3 Å². The summed E-state index contributed by atoms with van der Waals surface area (Å²) >= 11 is 0. The van der Waals surface area contributed by atoms with E-state index in [9.17, 15) is 9.59 Å². The second-order valence-electron chi connectivity index (χ2n) is 6.11. The Balaban J connectivity index is 2.06. The number of carbonyl (C=O) groups excluding carboxylic acids is 2. The number of hydrogen-bond acceptors (Lipinski definition) is 4. The molecule has 0 unspecified atom stereocenters. The Hall–Kier alpha value is -2.55. The fourth-order valence-electron chi connectivity index (χ4n) is 2.61. The molecule has 0 spiro atoms. The molecule has 1 saturated heterocycles. The number of anilines is 1. The van der Waals surface area contributed by atoms with Gasteiger partial charge in [0, 0.05) is 43.3 Å². The van der Waals surface area contributed by atoms with Gasteiger partial charge in [-0.1, -0.05) is 19.9 Å². The lowest BCUT2D eigenvalue weighted by atomic mass is 10.1. The summed E-state index contributed by atoms with van der Waals surface area (Å²) in [5, 5.41) is 11.8. The van der Waals surface area contributed by atoms with Crippen LogP contribution in [-0.2, 0) is 4.79 Å². The van der Waals surface area contributed by atoms with E-state index >= 15 is 0 Å².